The summed E-state index contributed by atoms with van der Waals surface area (Å²) in [6.45, 7) is 7.25. The second-order valence-corrected chi connectivity index (χ2v) is 7.38. The second kappa shape index (κ2) is 13.1. The van der Waals surface area contributed by atoms with Crippen LogP contribution in [0.2, 0.25) is 0 Å². The van der Waals surface area contributed by atoms with Gasteiger partial charge in [-0.15, -0.1) is 24.0 Å². The molecular weight excluding hydrogens is 509 g/mol. The lowest BCUT2D eigenvalue weighted by molar-refractivity contribution is -0.127. The summed E-state index contributed by atoms with van der Waals surface area (Å²) >= 11 is 0. The number of likely N-dealkylation sites (N-methyl/N-ethyl adjacent to an activating group) is 1. The minimum Gasteiger partial charge on any atom is -0.497 e. The number of amides is 1. The number of fused-ring (bicyclic) bond motifs is 1. The molecular formula is C22H34IN5O3. The van der Waals surface area contributed by atoms with E-state index in [4.69, 9.17) is 9.47 Å². The van der Waals surface area contributed by atoms with E-state index >= 15 is 0 Å². The molecule has 31 heavy (non-hydrogen) atoms. The Morgan fingerprint density at radius 3 is 2.55 bits per heavy atom. The van der Waals surface area contributed by atoms with Crippen LogP contribution in [0.3, 0.4) is 0 Å². The van der Waals surface area contributed by atoms with E-state index in [1.54, 1.807) is 28.3 Å². The van der Waals surface area contributed by atoms with Crippen LogP contribution in [0.1, 0.15) is 19.0 Å². The first-order valence-corrected chi connectivity index (χ1v) is 9.94. The lowest BCUT2D eigenvalue weighted by Gasteiger charge is -2.13. The molecule has 1 heterocycles. The summed E-state index contributed by atoms with van der Waals surface area (Å²) in [5.74, 6) is 2.10. The van der Waals surface area contributed by atoms with Gasteiger partial charge >= 0.3 is 0 Å². The third-order valence-electron chi connectivity index (χ3n) is 4.53. The predicted molar refractivity (Wildman–Crippen MR) is 137 cm³/mol. The van der Waals surface area contributed by atoms with Crippen LogP contribution in [0.25, 0.3) is 10.9 Å². The number of carbonyl (C=O) groups excluding carboxylic acids is 1. The van der Waals surface area contributed by atoms with Crippen molar-refractivity contribution in [3.63, 3.8) is 0 Å². The first-order valence-electron chi connectivity index (χ1n) is 9.94. The number of aryl methyl sites for hydroxylation is 1. The zero-order valence-corrected chi connectivity index (χ0v) is 21.3. The van der Waals surface area contributed by atoms with Crippen LogP contribution in [0.5, 0.6) is 11.5 Å². The number of ether oxygens (including phenoxy) is 2. The van der Waals surface area contributed by atoms with Crippen LogP contribution in [0.15, 0.2) is 35.3 Å². The Hall–Kier alpha value is -2.43. The van der Waals surface area contributed by atoms with E-state index in [0.717, 1.165) is 46.5 Å². The van der Waals surface area contributed by atoms with Gasteiger partial charge < -0.3 is 30.0 Å². The average Bonchev–Trinajstić information content (AvgIpc) is 3.13. The van der Waals surface area contributed by atoms with E-state index in [0.29, 0.717) is 19.0 Å². The molecule has 0 fully saturated rings. The molecule has 1 aromatic heterocycles. The van der Waals surface area contributed by atoms with Crippen molar-refractivity contribution in [1.29, 1.82) is 0 Å². The molecule has 0 aliphatic rings. The molecule has 0 spiro atoms. The second-order valence-electron chi connectivity index (χ2n) is 7.38. The third-order valence-corrected chi connectivity index (χ3v) is 4.53. The number of nitrogens with one attached hydrogen (secondary N) is 3. The zero-order chi connectivity index (χ0) is 22.1. The van der Waals surface area contributed by atoms with Crippen LogP contribution < -0.4 is 20.1 Å². The molecule has 0 unspecified atom stereocenters. The van der Waals surface area contributed by atoms with Gasteiger partial charge in [0.05, 0.1) is 19.7 Å². The van der Waals surface area contributed by atoms with E-state index < -0.39 is 0 Å². The highest BCUT2D eigenvalue weighted by Crippen LogP contribution is 2.31. The van der Waals surface area contributed by atoms with Crippen LogP contribution in [0.4, 0.5) is 0 Å². The molecule has 9 heteroatoms. The number of methoxy groups -OCH3 is 2. The Labute approximate surface area is 201 Å². The number of H-pyrrole nitrogens is 1. The molecule has 1 amide bonds. The molecule has 0 aliphatic carbocycles. The quantitative estimate of drug-likeness (QED) is 0.141. The largest absolute Gasteiger partial charge is 0.497 e. The van der Waals surface area contributed by atoms with Crippen LogP contribution >= 0.6 is 24.0 Å². The molecule has 172 valence electrons. The summed E-state index contributed by atoms with van der Waals surface area (Å²) in [6, 6.07) is 5.96. The number of carbonyl (C=O) groups is 1. The van der Waals surface area contributed by atoms with Crippen molar-refractivity contribution in [3.8, 4) is 11.5 Å². The fourth-order valence-corrected chi connectivity index (χ4v) is 2.84. The van der Waals surface area contributed by atoms with Crippen molar-refractivity contribution in [2.45, 2.75) is 19.8 Å². The van der Waals surface area contributed by atoms with Gasteiger partial charge in [0.15, 0.2) is 5.96 Å². The summed E-state index contributed by atoms with van der Waals surface area (Å²) in [6.07, 6.45) is 1.75. The van der Waals surface area contributed by atoms with Gasteiger partial charge in [-0.25, -0.2) is 4.99 Å². The van der Waals surface area contributed by atoms with Crippen molar-refractivity contribution in [2.75, 3.05) is 47.9 Å². The van der Waals surface area contributed by atoms with Crippen molar-refractivity contribution in [2.24, 2.45) is 4.99 Å². The molecule has 1 aromatic carbocycles. The average molecular weight is 543 g/mol. The summed E-state index contributed by atoms with van der Waals surface area (Å²) < 4.78 is 10.8. The zero-order valence-electron chi connectivity index (χ0n) is 19.0. The van der Waals surface area contributed by atoms with Gasteiger partial charge in [0.25, 0.3) is 0 Å². The standard InChI is InChI=1S/C22H33N5O3.HI/c1-15(2)13-24-22(25-14-21(28)27(3)4)23-9-7-8-16-10-18-19(26-16)11-17(29-5)12-20(18)30-6;/h10-12,26H,1,7-9,13-14H2,2-6H3,(H2,23,24,25);1H. The van der Waals surface area contributed by atoms with E-state index in [2.05, 4.69) is 33.3 Å². The lowest BCUT2D eigenvalue weighted by Crippen LogP contribution is -2.39. The van der Waals surface area contributed by atoms with Gasteiger partial charge in [-0.05, 0) is 25.8 Å². The van der Waals surface area contributed by atoms with Crippen LogP contribution in [-0.2, 0) is 11.2 Å². The maximum absolute atomic E-state index is 11.8. The van der Waals surface area contributed by atoms with Gasteiger partial charge in [-0.1, -0.05) is 12.2 Å². The number of rotatable bonds is 10. The van der Waals surface area contributed by atoms with Crippen molar-refractivity contribution >= 4 is 46.7 Å². The van der Waals surface area contributed by atoms with Gasteiger partial charge in [0, 0.05) is 50.4 Å². The highest BCUT2D eigenvalue weighted by molar-refractivity contribution is 14.0. The van der Waals surface area contributed by atoms with Gasteiger partial charge in [-0.2, -0.15) is 0 Å². The summed E-state index contributed by atoms with van der Waals surface area (Å²) in [4.78, 5) is 21.1. The minimum absolute atomic E-state index is 0. The molecule has 0 saturated carbocycles. The molecule has 2 aromatic rings. The highest BCUT2D eigenvalue weighted by Gasteiger charge is 2.09. The molecule has 0 aliphatic heterocycles. The van der Waals surface area contributed by atoms with Crippen molar-refractivity contribution in [1.82, 2.24) is 20.5 Å². The molecule has 0 radical (unpaired) electrons. The molecule has 3 N–H and O–H groups in total. The molecule has 0 bridgehead atoms. The van der Waals surface area contributed by atoms with E-state index in [-0.39, 0.29) is 36.4 Å². The fourth-order valence-electron chi connectivity index (χ4n) is 2.84. The number of hydrogen-bond acceptors (Lipinski definition) is 4. The maximum atomic E-state index is 11.8. The van der Waals surface area contributed by atoms with Crippen molar-refractivity contribution < 1.29 is 14.3 Å². The smallest absolute Gasteiger partial charge is 0.243 e. The Morgan fingerprint density at radius 2 is 1.94 bits per heavy atom. The van der Waals surface area contributed by atoms with Gasteiger partial charge in [0.1, 0.15) is 18.0 Å². The monoisotopic (exact) mass is 543 g/mol. The Morgan fingerprint density at radius 1 is 1.19 bits per heavy atom. The Kier molecular flexibility index (Phi) is 11.2. The first-order chi connectivity index (χ1) is 14.3. The Balaban J connectivity index is 0.00000480. The molecule has 8 nitrogen and oxygen atoms in total. The normalized spacial score (nSPS) is 10.9. The predicted octanol–water partition coefficient (Wildman–Crippen LogP) is 2.94. The SMILES string of the molecule is C=C(C)CNC(=NCC(=O)N(C)C)NCCCc1cc2c(OC)cc(OC)cc2[nH]1.I. The number of hydrogen-bond donors (Lipinski definition) is 3. The molecule has 2 rings (SSSR count). The topological polar surface area (TPSA) is 91.0 Å². The fraction of sp³-hybridized carbons (Fsp3) is 0.455. The molecule has 0 saturated heterocycles. The Bertz CT molecular complexity index is 908. The van der Waals surface area contributed by atoms with Crippen molar-refractivity contribution in [3.05, 3.63) is 36.0 Å². The van der Waals surface area contributed by atoms with E-state index in [1.807, 2.05) is 19.1 Å². The van der Waals surface area contributed by atoms with Crippen LogP contribution in [-0.4, -0.2) is 69.7 Å². The number of benzene rings is 1. The number of aromatic nitrogens is 1. The highest BCUT2D eigenvalue weighted by atomic mass is 127. The number of aromatic amines is 1. The number of nitrogens with zero attached hydrogens (tertiary/aromatic N) is 2. The maximum Gasteiger partial charge on any atom is 0.243 e. The molecule has 0 atom stereocenters. The summed E-state index contributed by atoms with van der Waals surface area (Å²) in [5, 5.41) is 7.51. The minimum atomic E-state index is -0.0473. The lowest BCUT2D eigenvalue weighted by atomic mass is 10.2. The summed E-state index contributed by atoms with van der Waals surface area (Å²) in [7, 11) is 6.74. The third kappa shape index (κ3) is 8.31. The van der Waals surface area contributed by atoms with E-state index in [1.165, 1.54) is 4.90 Å². The number of guanidine groups is 1. The summed E-state index contributed by atoms with van der Waals surface area (Å²) in [5.41, 5.74) is 3.10. The van der Waals surface area contributed by atoms with Crippen LogP contribution in [0, 0.1) is 0 Å². The van der Waals surface area contributed by atoms with Gasteiger partial charge in [0.2, 0.25) is 5.91 Å². The number of aliphatic imine (C=N–C) groups is 1. The van der Waals surface area contributed by atoms with Gasteiger partial charge in [-0.3, -0.25) is 4.79 Å². The first kappa shape index (κ1) is 26.6. The van der Waals surface area contributed by atoms with E-state index in [9.17, 15) is 4.79 Å². The number of halogens is 1.